The first-order chi connectivity index (χ1) is 6.66. The van der Waals surface area contributed by atoms with Crippen molar-refractivity contribution in [2.75, 3.05) is 6.54 Å². The lowest BCUT2D eigenvalue weighted by molar-refractivity contribution is 0.142. The summed E-state index contributed by atoms with van der Waals surface area (Å²) >= 11 is 5.61. The third-order valence-electron chi connectivity index (χ3n) is 3.16. The number of hydrogen-bond acceptors (Lipinski definition) is 1. The summed E-state index contributed by atoms with van der Waals surface area (Å²) < 4.78 is 0. The van der Waals surface area contributed by atoms with Crippen LogP contribution in [0, 0.1) is 5.92 Å². The highest BCUT2D eigenvalue weighted by Gasteiger charge is 2.28. The zero-order valence-corrected chi connectivity index (χ0v) is 9.89. The summed E-state index contributed by atoms with van der Waals surface area (Å²) in [6, 6.07) is 0.383. The quantitative estimate of drug-likeness (QED) is 0.522. The van der Waals surface area contributed by atoms with Crippen LogP contribution in [-0.4, -0.2) is 22.9 Å². The van der Waals surface area contributed by atoms with Crippen molar-refractivity contribution in [3.8, 4) is 0 Å². The van der Waals surface area contributed by atoms with E-state index in [9.17, 15) is 4.79 Å². The molecule has 1 amide bonds. The maximum Gasteiger partial charge on any atom is 0.316 e. The number of nitrogens with zero attached hydrogens (tertiary/aromatic N) is 1. The summed E-state index contributed by atoms with van der Waals surface area (Å²) in [5.41, 5.74) is 0. The van der Waals surface area contributed by atoms with E-state index in [0.29, 0.717) is 12.0 Å². The van der Waals surface area contributed by atoms with E-state index in [1.54, 1.807) is 0 Å². The molecule has 0 aromatic carbocycles. The first kappa shape index (κ1) is 11.8. The monoisotopic (exact) mass is 217 g/mol. The minimum Gasteiger partial charge on any atom is -0.326 e. The molecule has 82 valence electrons. The number of halogens is 1. The Labute approximate surface area is 91.6 Å². The Morgan fingerprint density at radius 3 is 2.57 bits per heavy atom. The van der Waals surface area contributed by atoms with Gasteiger partial charge in [0, 0.05) is 12.6 Å². The highest BCUT2D eigenvalue weighted by molar-refractivity contribution is 6.62. The van der Waals surface area contributed by atoms with E-state index >= 15 is 0 Å². The minimum atomic E-state index is -0.273. The lowest BCUT2D eigenvalue weighted by Gasteiger charge is -2.37. The van der Waals surface area contributed by atoms with Crippen LogP contribution >= 0.6 is 11.6 Å². The summed E-state index contributed by atoms with van der Waals surface area (Å²) in [4.78, 5) is 13.1. The van der Waals surface area contributed by atoms with Gasteiger partial charge in [-0.3, -0.25) is 4.79 Å². The maximum atomic E-state index is 11.3. The minimum absolute atomic E-state index is 0.273. The predicted molar refractivity (Wildman–Crippen MR) is 59.7 cm³/mol. The van der Waals surface area contributed by atoms with Crippen molar-refractivity contribution in [1.82, 2.24) is 4.90 Å². The molecule has 1 rings (SSSR count). The van der Waals surface area contributed by atoms with Gasteiger partial charge < -0.3 is 4.90 Å². The highest BCUT2D eigenvalue weighted by atomic mass is 35.5. The molecule has 0 heterocycles. The molecule has 2 atom stereocenters. The molecule has 0 saturated heterocycles. The van der Waals surface area contributed by atoms with Crippen molar-refractivity contribution in [3.63, 3.8) is 0 Å². The van der Waals surface area contributed by atoms with Crippen LogP contribution in [0.1, 0.15) is 46.0 Å². The zero-order chi connectivity index (χ0) is 10.6. The van der Waals surface area contributed by atoms with E-state index in [2.05, 4.69) is 13.8 Å². The number of amides is 1. The molecule has 0 aromatic heterocycles. The molecule has 0 bridgehead atoms. The van der Waals surface area contributed by atoms with Gasteiger partial charge in [0.1, 0.15) is 0 Å². The van der Waals surface area contributed by atoms with Crippen LogP contribution in [0.4, 0.5) is 4.79 Å². The van der Waals surface area contributed by atoms with Crippen molar-refractivity contribution in [2.45, 2.75) is 52.0 Å². The average molecular weight is 218 g/mol. The molecule has 0 spiro atoms. The molecule has 2 nitrogen and oxygen atoms in total. The van der Waals surface area contributed by atoms with Gasteiger partial charge in [-0.2, -0.15) is 0 Å². The van der Waals surface area contributed by atoms with Crippen LogP contribution in [0.5, 0.6) is 0 Å². The van der Waals surface area contributed by atoms with Crippen LogP contribution < -0.4 is 0 Å². The van der Waals surface area contributed by atoms with Crippen molar-refractivity contribution >= 4 is 17.0 Å². The number of hydrogen-bond donors (Lipinski definition) is 0. The third kappa shape index (κ3) is 2.88. The van der Waals surface area contributed by atoms with E-state index in [1.165, 1.54) is 19.3 Å². The molecule has 1 fully saturated rings. The lowest BCUT2D eigenvalue weighted by Crippen LogP contribution is -2.43. The second kappa shape index (κ2) is 5.59. The average Bonchev–Trinajstić information content (AvgIpc) is 2.15. The van der Waals surface area contributed by atoms with Gasteiger partial charge in [-0.1, -0.05) is 26.7 Å². The third-order valence-corrected chi connectivity index (χ3v) is 3.37. The van der Waals surface area contributed by atoms with Crippen molar-refractivity contribution in [2.24, 2.45) is 5.92 Å². The Bertz CT molecular complexity index is 196. The van der Waals surface area contributed by atoms with E-state index < -0.39 is 0 Å². The first-order valence-electron chi connectivity index (χ1n) is 5.63. The molecular formula is C11H20ClNO. The molecule has 0 radical (unpaired) electrons. The number of rotatable bonds is 3. The molecule has 1 aliphatic carbocycles. The van der Waals surface area contributed by atoms with Crippen molar-refractivity contribution < 1.29 is 4.79 Å². The Morgan fingerprint density at radius 2 is 2.07 bits per heavy atom. The Balaban J connectivity index is 2.60. The fraction of sp³-hybridized carbons (Fsp3) is 0.909. The summed E-state index contributed by atoms with van der Waals surface area (Å²) in [5.74, 6) is 0.609. The summed E-state index contributed by atoms with van der Waals surface area (Å²) in [6.45, 7) is 5.12. The lowest BCUT2D eigenvalue weighted by atomic mass is 9.85. The molecular weight excluding hydrogens is 198 g/mol. The van der Waals surface area contributed by atoms with Gasteiger partial charge in [-0.05, 0) is 36.8 Å². The fourth-order valence-corrected chi connectivity index (χ4v) is 2.59. The molecule has 2 unspecified atom stereocenters. The summed E-state index contributed by atoms with van der Waals surface area (Å²) in [6.07, 6.45) is 5.88. The largest absolute Gasteiger partial charge is 0.326 e. The first-order valence-corrected chi connectivity index (χ1v) is 6.00. The number of carbonyl (C=O) groups excluding carboxylic acids is 1. The van der Waals surface area contributed by atoms with E-state index in [1.807, 2.05) is 4.90 Å². The Hall–Kier alpha value is -0.240. The molecule has 1 aliphatic rings. The normalized spacial score (nSPS) is 27.4. The van der Waals surface area contributed by atoms with Gasteiger partial charge in [-0.15, -0.1) is 0 Å². The standard InChI is InChI=1S/C11H20ClNO/c1-3-8-13(11(12)14)10-7-5-4-6-9(10)2/h9-10H,3-8H2,1-2H3. The maximum absolute atomic E-state index is 11.3. The van der Waals surface area contributed by atoms with Gasteiger partial charge >= 0.3 is 5.37 Å². The van der Waals surface area contributed by atoms with Gasteiger partial charge in [-0.25, -0.2) is 0 Å². The van der Waals surface area contributed by atoms with Gasteiger partial charge in [0.15, 0.2) is 0 Å². The van der Waals surface area contributed by atoms with Crippen LogP contribution in [0.3, 0.4) is 0 Å². The van der Waals surface area contributed by atoms with Crippen molar-refractivity contribution in [3.05, 3.63) is 0 Å². The van der Waals surface area contributed by atoms with E-state index in [4.69, 9.17) is 11.6 Å². The Kier molecular flexibility index (Phi) is 4.73. The molecule has 14 heavy (non-hydrogen) atoms. The van der Waals surface area contributed by atoms with Gasteiger partial charge in [0.2, 0.25) is 0 Å². The van der Waals surface area contributed by atoms with Crippen LogP contribution in [-0.2, 0) is 0 Å². The molecule has 1 saturated carbocycles. The molecule has 0 aromatic rings. The van der Waals surface area contributed by atoms with Crippen LogP contribution in [0.2, 0.25) is 0 Å². The van der Waals surface area contributed by atoms with E-state index in [0.717, 1.165) is 19.4 Å². The molecule has 0 aliphatic heterocycles. The smallest absolute Gasteiger partial charge is 0.316 e. The zero-order valence-electron chi connectivity index (χ0n) is 9.13. The van der Waals surface area contributed by atoms with E-state index in [-0.39, 0.29) is 5.37 Å². The van der Waals surface area contributed by atoms with Crippen LogP contribution in [0.15, 0.2) is 0 Å². The molecule has 0 N–H and O–H groups in total. The SMILES string of the molecule is CCCN(C(=O)Cl)C1CCCCC1C. The fourth-order valence-electron chi connectivity index (χ4n) is 2.38. The van der Waals surface area contributed by atoms with Crippen LogP contribution in [0.25, 0.3) is 0 Å². The second-order valence-electron chi connectivity index (χ2n) is 4.28. The molecule has 3 heteroatoms. The Morgan fingerprint density at radius 1 is 1.43 bits per heavy atom. The second-order valence-corrected chi connectivity index (χ2v) is 4.60. The number of carbonyl (C=O) groups is 1. The topological polar surface area (TPSA) is 20.3 Å². The van der Waals surface area contributed by atoms with Crippen molar-refractivity contribution in [1.29, 1.82) is 0 Å². The van der Waals surface area contributed by atoms with Gasteiger partial charge in [0.25, 0.3) is 0 Å². The summed E-state index contributed by atoms with van der Waals surface area (Å²) in [5, 5.41) is -0.273. The predicted octanol–water partition coefficient (Wildman–Crippen LogP) is 3.64. The highest BCUT2D eigenvalue weighted by Crippen LogP contribution is 2.28. The van der Waals surface area contributed by atoms with Gasteiger partial charge in [0.05, 0.1) is 0 Å². The summed E-state index contributed by atoms with van der Waals surface area (Å²) in [7, 11) is 0.